The third kappa shape index (κ3) is 3.40. The highest BCUT2D eigenvalue weighted by Gasteiger charge is 2.36. The van der Waals surface area contributed by atoms with Gasteiger partial charge in [0.05, 0.1) is 12.5 Å². The summed E-state index contributed by atoms with van der Waals surface area (Å²) in [7, 11) is 1.65. The van der Waals surface area contributed by atoms with E-state index in [0.29, 0.717) is 17.5 Å². The molecule has 1 aliphatic rings. The summed E-state index contributed by atoms with van der Waals surface area (Å²) in [6.07, 6.45) is 4.29. The molecule has 0 aliphatic heterocycles. The molecule has 1 saturated carbocycles. The molecule has 0 atom stereocenters. The van der Waals surface area contributed by atoms with Gasteiger partial charge in [-0.1, -0.05) is 37.1 Å². The van der Waals surface area contributed by atoms with Crippen LogP contribution in [-0.2, 0) is 5.41 Å². The number of para-hydroxylation sites is 1. The van der Waals surface area contributed by atoms with E-state index in [2.05, 4.69) is 17.4 Å². The number of hydrogen-bond acceptors (Lipinski definition) is 4. The third-order valence-electron chi connectivity index (χ3n) is 5.71. The van der Waals surface area contributed by atoms with Gasteiger partial charge in [0.15, 0.2) is 11.2 Å². The topological polar surface area (TPSA) is 68.5 Å². The second-order valence-corrected chi connectivity index (χ2v) is 7.37. The van der Waals surface area contributed by atoms with Gasteiger partial charge in [-0.05, 0) is 42.7 Å². The van der Waals surface area contributed by atoms with Gasteiger partial charge in [-0.15, -0.1) is 0 Å². The van der Waals surface area contributed by atoms with Crippen LogP contribution in [0.25, 0.3) is 11.0 Å². The molecule has 28 heavy (non-hydrogen) atoms. The Hall–Kier alpha value is -3.08. The van der Waals surface area contributed by atoms with Gasteiger partial charge in [-0.25, -0.2) is 0 Å². The van der Waals surface area contributed by atoms with E-state index in [-0.39, 0.29) is 22.5 Å². The molecule has 144 valence electrons. The van der Waals surface area contributed by atoms with Crippen molar-refractivity contribution in [2.24, 2.45) is 0 Å². The van der Waals surface area contributed by atoms with E-state index < -0.39 is 0 Å². The SMILES string of the molecule is COc1ccc(C2(CNC(=O)c3cc(=O)c4ccccc4o3)CCCC2)cc1. The highest BCUT2D eigenvalue weighted by molar-refractivity contribution is 5.93. The number of amides is 1. The molecular formula is C23H23NO4. The maximum Gasteiger partial charge on any atom is 0.287 e. The van der Waals surface area contributed by atoms with Crippen LogP contribution < -0.4 is 15.5 Å². The average molecular weight is 377 g/mol. The Labute approximate surface area is 163 Å². The van der Waals surface area contributed by atoms with Crippen LogP contribution in [0, 0.1) is 0 Å². The largest absolute Gasteiger partial charge is 0.497 e. The molecule has 0 bridgehead atoms. The molecule has 1 aliphatic carbocycles. The van der Waals surface area contributed by atoms with Crippen LogP contribution in [0.15, 0.2) is 63.8 Å². The molecule has 0 saturated heterocycles. The summed E-state index contributed by atoms with van der Waals surface area (Å²) >= 11 is 0. The lowest BCUT2D eigenvalue weighted by atomic mass is 9.78. The van der Waals surface area contributed by atoms with E-state index in [0.717, 1.165) is 31.4 Å². The summed E-state index contributed by atoms with van der Waals surface area (Å²) in [5.41, 5.74) is 1.31. The summed E-state index contributed by atoms with van der Waals surface area (Å²) in [5, 5.41) is 3.47. The number of nitrogens with one attached hydrogen (secondary N) is 1. The quantitative estimate of drug-likeness (QED) is 0.728. The van der Waals surface area contributed by atoms with Crippen molar-refractivity contribution in [3.8, 4) is 5.75 Å². The van der Waals surface area contributed by atoms with Gasteiger partial charge in [0.2, 0.25) is 0 Å². The number of hydrogen-bond donors (Lipinski definition) is 1. The van der Waals surface area contributed by atoms with Crippen LogP contribution in [-0.4, -0.2) is 19.6 Å². The normalized spacial score (nSPS) is 15.5. The molecule has 1 aromatic heterocycles. The van der Waals surface area contributed by atoms with Crippen LogP contribution in [0.4, 0.5) is 0 Å². The Morgan fingerprint density at radius 2 is 1.82 bits per heavy atom. The minimum absolute atomic E-state index is 0.0478. The Balaban J connectivity index is 1.56. The number of ether oxygens (including phenoxy) is 1. The molecule has 0 unspecified atom stereocenters. The summed E-state index contributed by atoms with van der Waals surface area (Å²) in [6.45, 7) is 0.509. The number of carbonyl (C=O) groups excluding carboxylic acids is 1. The summed E-state index contributed by atoms with van der Waals surface area (Å²) in [4.78, 5) is 25.0. The Morgan fingerprint density at radius 1 is 1.11 bits per heavy atom. The van der Waals surface area contributed by atoms with E-state index in [4.69, 9.17) is 9.15 Å². The molecule has 0 radical (unpaired) electrons. The average Bonchev–Trinajstić information content (AvgIpc) is 3.22. The highest BCUT2D eigenvalue weighted by atomic mass is 16.5. The molecular weight excluding hydrogens is 354 g/mol. The molecule has 1 amide bonds. The van der Waals surface area contributed by atoms with E-state index in [1.165, 1.54) is 11.6 Å². The van der Waals surface area contributed by atoms with Crippen LogP contribution in [0.5, 0.6) is 5.75 Å². The van der Waals surface area contributed by atoms with Gasteiger partial charge in [0, 0.05) is 18.0 Å². The molecule has 5 nitrogen and oxygen atoms in total. The number of methoxy groups -OCH3 is 1. The van der Waals surface area contributed by atoms with Gasteiger partial charge in [-0.2, -0.15) is 0 Å². The highest BCUT2D eigenvalue weighted by Crippen LogP contribution is 2.41. The van der Waals surface area contributed by atoms with Crippen molar-refractivity contribution in [2.45, 2.75) is 31.1 Å². The van der Waals surface area contributed by atoms with Crippen molar-refractivity contribution < 1.29 is 13.9 Å². The molecule has 1 N–H and O–H groups in total. The van der Waals surface area contributed by atoms with E-state index in [1.807, 2.05) is 12.1 Å². The lowest BCUT2D eigenvalue weighted by molar-refractivity contribution is 0.0916. The maximum absolute atomic E-state index is 12.7. The first kappa shape index (κ1) is 18.3. The first-order valence-corrected chi connectivity index (χ1v) is 9.57. The number of rotatable bonds is 5. The van der Waals surface area contributed by atoms with Crippen molar-refractivity contribution in [1.82, 2.24) is 5.32 Å². The first-order chi connectivity index (χ1) is 13.6. The van der Waals surface area contributed by atoms with Gasteiger partial charge < -0.3 is 14.5 Å². The van der Waals surface area contributed by atoms with Crippen LogP contribution in [0.1, 0.15) is 41.8 Å². The lowest BCUT2D eigenvalue weighted by Gasteiger charge is -2.30. The lowest BCUT2D eigenvalue weighted by Crippen LogP contribution is -2.39. The van der Waals surface area contributed by atoms with Crippen molar-refractivity contribution in [2.75, 3.05) is 13.7 Å². The van der Waals surface area contributed by atoms with Gasteiger partial charge in [0.25, 0.3) is 5.91 Å². The fourth-order valence-electron chi connectivity index (χ4n) is 4.12. The van der Waals surface area contributed by atoms with E-state index >= 15 is 0 Å². The van der Waals surface area contributed by atoms with Crippen molar-refractivity contribution in [3.05, 3.63) is 76.1 Å². The molecule has 4 rings (SSSR count). The van der Waals surface area contributed by atoms with Gasteiger partial charge >= 0.3 is 0 Å². The van der Waals surface area contributed by atoms with Crippen molar-refractivity contribution in [1.29, 1.82) is 0 Å². The minimum Gasteiger partial charge on any atom is -0.497 e. The smallest absolute Gasteiger partial charge is 0.287 e. The van der Waals surface area contributed by atoms with Crippen molar-refractivity contribution >= 4 is 16.9 Å². The summed E-state index contributed by atoms with van der Waals surface area (Å²) in [5.74, 6) is 0.507. The zero-order valence-corrected chi connectivity index (χ0v) is 15.9. The van der Waals surface area contributed by atoms with Crippen LogP contribution >= 0.6 is 0 Å². The third-order valence-corrected chi connectivity index (χ3v) is 5.71. The molecule has 5 heteroatoms. The molecule has 2 aromatic carbocycles. The monoisotopic (exact) mass is 377 g/mol. The van der Waals surface area contributed by atoms with Crippen molar-refractivity contribution in [3.63, 3.8) is 0 Å². The zero-order chi connectivity index (χ0) is 19.6. The Bertz CT molecular complexity index is 1050. The molecule has 1 fully saturated rings. The standard InChI is InChI=1S/C23H23NO4/c1-27-17-10-8-16(9-11-17)23(12-4-5-13-23)15-24-22(26)21-14-19(25)18-6-2-3-7-20(18)28-21/h2-3,6-11,14H,4-5,12-13,15H2,1H3,(H,24,26). The Morgan fingerprint density at radius 3 is 2.54 bits per heavy atom. The predicted molar refractivity (Wildman–Crippen MR) is 108 cm³/mol. The first-order valence-electron chi connectivity index (χ1n) is 9.57. The number of fused-ring (bicyclic) bond motifs is 1. The number of carbonyl (C=O) groups is 1. The van der Waals surface area contributed by atoms with Gasteiger partial charge in [0.1, 0.15) is 11.3 Å². The summed E-state index contributed by atoms with van der Waals surface area (Å²) in [6, 6.07) is 16.3. The number of benzene rings is 2. The van der Waals surface area contributed by atoms with Gasteiger partial charge in [-0.3, -0.25) is 9.59 Å². The molecule has 1 heterocycles. The molecule has 0 spiro atoms. The minimum atomic E-state index is -0.359. The van der Waals surface area contributed by atoms with E-state index in [1.54, 1.807) is 31.4 Å². The fraction of sp³-hybridized carbons (Fsp3) is 0.304. The zero-order valence-electron chi connectivity index (χ0n) is 15.9. The van der Waals surface area contributed by atoms with Crippen LogP contribution in [0.2, 0.25) is 0 Å². The predicted octanol–water partition coefficient (Wildman–Crippen LogP) is 4.04. The second-order valence-electron chi connectivity index (χ2n) is 7.37. The van der Waals surface area contributed by atoms with E-state index in [9.17, 15) is 9.59 Å². The maximum atomic E-state index is 12.7. The van der Waals surface area contributed by atoms with Crippen LogP contribution in [0.3, 0.4) is 0 Å². The molecule has 3 aromatic rings. The summed E-state index contributed by atoms with van der Waals surface area (Å²) < 4.78 is 10.9. The fourth-order valence-corrected chi connectivity index (χ4v) is 4.12. The second kappa shape index (κ2) is 7.50. The Kier molecular flexibility index (Phi) is 4.90.